The van der Waals surface area contributed by atoms with E-state index in [-0.39, 0.29) is 12.1 Å². The van der Waals surface area contributed by atoms with Gasteiger partial charge in [0.25, 0.3) is 0 Å². The smallest absolute Gasteiger partial charge is 0.0774 e. The molecule has 4 atom stereocenters. The molecular weight excluding hydrogens is 234 g/mol. The number of ether oxygens (including phenoxy) is 1. The van der Waals surface area contributed by atoms with Crippen molar-refractivity contribution in [2.75, 3.05) is 0 Å². The van der Waals surface area contributed by atoms with E-state index in [1.54, 1.807) is 0 Å². The Bertz CT molecular complexity index is 431. The van der Waals surface area contributed by atoms with Gasteiger partial charge in [0, 0.05) is 0 Å². The Morgan fingerprint density at radius 1 is 1.16 bits per heavy atom. The Morgan fingerprint density at radius 2 is 2.00 bits per heavy atom. The van der Waals surface area contributed by atoms with Crippen molar-refractivity contribution in [3.05, 3.63) is 35.4 Å². The quantitative estimate of drug-likeness (QED) is 0.880. The minimum absolute atomic E-state index is 0.0576. The number of rotatable bonds is 2. The topological polar surface area (TPSA) is 35.2 Å². The zero-order valence-electron chi connectivity index (χ0n) is 11.8. The molecule has 2 aliphatic rings. The van der Waals surface area contributed by atoms with Crippen molar-refractivity contribution in [3.63, 3.8) is 0 Å². The lowest BCUT2D eigenvalue weighted by Crippen LogP contribution is -2.37. The summed E-state index contributed by atoms with van der Waals surface area (Å²) in [5.74, 6) is 0.811. The molecule has 0 spiro atoms. The summed E-state index contributed by atoms with van der Waals surface area (Å²) < 4.78 is 6.35. The molecule has 0 aliphatic heterocycles. The highest BCUT2D eigenvalue weighted by Crippen LogP contribution is 2.34. The first-order chi connectivity index (χ1) is 9.24. The van der Waals surface area contributed by atoms with E-state index in [4.69, 9.17) is 10.5 Å². The van der Waals surface area contributed by atoms with Crippen LogP contribution in [0.1, 0.15) is 56.2 Å². The van der Waals surface area contributed by atoms with Crippen LogP contribution in [0.25, 0.3) is 0 Å². The van der Waals surface area contributed by atoms with Crippen LogP contribution >= 0.6 is 0 Å². The van der Waals surface area contributed by atoms with Crippen molar-refractivity contribution in [1.29, 1.82) is 0 Å². The highest BCUT2D eigenvalue weighted by Gasteiger charge is 2.30. The third kappa shape index (κ3) is 2.85. The number of aryl methyl sites for hydroxylation is 1. The number of hydrogen-bond acceptors (Lipinski definition) is 2. The van der Waals surface area contributed by atoms with E-state index in [0.29, 0.717) is 6.10 Å². The first kappa shape index (κ1) is 13.1. The number of nitrogens with two attached hydrogens (primary N) is 1. The first-order valence-corrected chi connectivity index (χ1v) is 7.73. The van der Waals surface area contributed by atoms with Gasteiger partial charge in [-0.25, -0.2) is 0 Å². The van der Waals surface area contributed by atoms with Crippen molar-refractivity contribution >= 4 is 0 Å². The molecule has 2 heteroatoms. The van der Waals surface area contributed by atoms with Crippen molar-refractivity contribution < 1.29 is 4.74 Å². The van der Waals surface area contributed by atoms with E-state index in [0.717, 1.165) is 18.8 Å². The molecule has 2 aliphatic carbocycles. The second kappa shape index (κ2) is 5.64. The van der Waals surface area contributed by atoms with Crippen LogP contribution in [-0.2, 0) is 11.2 Å². The van der Waals surface area contributed by atoms with Crippen LogP contribution in [0.15, 0.2) is 24.3 Å². The van der Waals surface area contributed by atoms with E-state index in [9.17, 15) is 0 Å². The Labute approximate surface area is 116 Å². The molecule has 0 heterocycles. The van der Waals surface area contributed by atoms with Crippen LogP contribution in [0.3, 0.4) is 0 Å². The lowest BCUT2D eigenvalue weighted by atomic mass is 9.85. The fourth-order valence-corrected chi connectivity index (χ4v) is 3.67. The van der Waals surface area contributed by atoms with Crippen molar-refractivity contribution in [2.45, 2.75) is 63.7 Å². The minimum Gasteiger partial charge on any atom is -0.373 e. The maximum Gasteiger partial charge on any atom is 0.0774 e. The molecule has 0 aromatic heterocycles. The van der Waals surface area contributed by atoms with Gasteiger partial charge in [-0.3, -0.25) is 0 Å². The Hall–Kier alpha value is -0.860. The summed E-state index contributed by atoms with van der Waals surface area (Å²) in [5, 5.41) is 0. The Balaban J connectivity index is 1.67. The number of benzene rings is 1. The molecule has 2 N–H and O–H groups in total. The summed E-state index contributed by atoms with van der Waals surface area (Å²) in [6.07, 6.45) is 7.93. The molecule has 0 radical (unpaired) electrons. The zero-order valence-corrected chi connectivity index (χ0v) is 11.8. The highest BCUT2D eigenvalue weighted by molar-refractivity contribution is 5.33. The Kier molecular flexibility index (Phi) is 3.90. The second-order valence-corrected chi connectivity index (χ2v) is 6.33. The van der Waals surface area contributed by atoms with Gasteiger partial charge in [0.05, 0.1) is 18.2 Å². The highest BCUT2D eigenvalue weighted by atomic mass is 16.5. The predicted octanol–water partition coefficient (Wildman–Crippen LogP) is 3.60. The van der Waals surface area contributed by atoms with Gasteiger partial charge in [-0.15, -0.1) is 0 Å². The standard InChI is InChI=1S/C17H25NO/c1-12-5-4-7-14(11-12)19-16-10-9-13-6-2-3-8-15(13)17(16)18/h2-3,6,8,12,14,16-17H,4-5,7,9-11,18H2,1H3. The van der Waals surface area contributed by atoms with E-state index < -0.39 is 0 Å². The summed E-state index contributed by atoms with van der Waals surface area (Å²) >= 11 is 0. The van der Waals surface area contributed by atoms with Gasteiger partial charge in [0.2, 0.25) is 0 Å². The second-order valence-electron chi connectivity index (χ2n) is 6.33. The molecule has 1 aromatic rings. The molecule has 3 rings (SSSR count). The minimum atomic E-state index is 0.0576. The average molecular weight is 259 g/mol. The van der Waals surface area contributed by atoms with Crippen molar-refractivity contribution in [3.8, 4) is 0 Å². The van der Waals surface area contributed by atoms with Gasteiger partial charge in [0.15, 0.2) is 0 Å². The molecular formula is C17H25NO. The van der Waals surface area contributed by atoms with Crippen molar-refractivity contribution in [2.24, 2.45) is 11.7 Å². The molecule has 19 heavy (non-hydrogen) atoms. The van der Waals surface area contributed by atoms with Crippen LogP contribution in [0.2, 0.25) is 0 Å². The lowest BCUT2D eigenvalue weighted by Gasteiger charge is -2.36. The SMILES string of the molecule is CC1CCCC(OC2CCc3ccccc3C2N)C1. The molecule has 2 nitrogen and oxygen atoms in total. The molecule has 1 aromatic carbocycles. The van der Waals surface area contributed by atoms with Crippen LogP contribution in [-0.4, -0.2) is 12.2 Å². The fourth-order valence-electron chi connectivity index (χ4n) is 3.67. The summed E-state index contributed by atoms with van der Waals surface area (Å²) in [6, 6.07) is 8.62. The van der Waals surface area contributed by atoms with E-state index in [1.165, 1.54) is 36.8 Å². The molecule has 4 unspecified atom stereocenters. The molecule has 0 saturated heterocycles. The zero-order chi connectivity index (χ0) is 13.2. The van der Waals surface area contributed by atoms with Crippen LogP contribution in [0.5, 0.6) is 0 Å². The molecule has 0 bridgehead atoms. The molecule has 1 fully saturated rings. The third-order valence-electron chi connectivity index (χ3n) is 4.77. The largest absolute Gasteiger partial charge is 0.373 e. The summed E-state index contributed by atoms with van der Waals surface area (Å²) in [6.45, 7) is 2.34. The van der Waals surface area contributed by atoms with Crippen LogP contribution < -0.4 is 5.73 Å². The number of fused-ring (bicyclic) bond motifs is 1. The first-order valence-electron chi connectivity index (χ1n) is 7.73. The third-order valence-corrected chi connectivity index (χ3v) is 4.77. The van der Waals surface area contributed by atoms with Gasteiger partial charge in [-0.1, -0.05) is 44.0 Å². The van der Waals surface area contributed by atoms with Gasteiger partial charge in [-0.2, -0.15) is 0 Å². The maximum absolute atomic E-state index is 6.42. The average Bonchev–Trinajstić information content (AvgIpc) is 2.42. The fraction of sp³-hybridized carbons (Fsp3) is 0.647. The number of hydrogen-bond donors (Lipinski definition) is 1. The summed E-state index contributed by atoms with van der Waals surface area (Å²) in [5.41, 5.74) is 9.12. The summed E-state index contributed by atoms with van der Waals surface area (Å²) in [7, 11) is 0. The molecule has 104 valence electrons. The molecule has 1 saturated carbocycles. The van der Waals surface area contributed by atoms with Gasteiger partial charge in [0.1, 0.15) is 0 Å². The van der Waals surface area contributed by atoms with E-state index in [2.05, 4.69) is 31.2 Å². The van der Waals surface area contributed by atoms with Gasteiger partial charge < -0.3 is 10.5 Å². The predicted molar refractivity (Wildman–Crippen MR) is 78.0 cm³/mol. The van der Waals surface area contributed by atoms with Crippen molar-refractivity contribution in [1.82, 2.24) is 0 Å². The van der Waals surface area contributed by atoms with E-state index in [1.807, 2.05) is 0 Å². The van der Waals surface area contributed by atoms with Crippen LogP contribution in [0.4, 0.5) is 0 Å². The van der Waals surface area contributed by atoms with Gasteiger partial charge >= 0.3 is 0 Å². The van der Waals surface area contributed by atoms with Crippen LogP contribution in [0, 0.1) is 5.92 Å². The van der Waals surface area contributed by atoms with Gasteiger partial charge in [-0.05, 0) is 42.7 Å². The van der Waals surface area contributed by atoms with E-state index >= 15 is 0 Å². The maximum atomic E-state index is 6.42. The Morgan fingerprint density at radius 3 is 2.84 bits per heavy atom. The summed E-state index contributed by atoms with van der Waals surface area (Å²) in [4.78, 5) is 0. The monoisotopic (exact) mass is 259 g/mol. The lowest BCUT2D eigenvalue weighted by molar-refractivity contribution is -0.0557. The molecule has 0 amide bonds. The normalized spacial score (nSPS) is 34.8.